The molecule has 100 valence electrons. The largest absolute Gasteiger partial charge is 0.316 e. The van der Waals surface area contributed by atoms with Gasteiger partial charge in [-0.25, -0.2) is 4.39 Å². The van der Waals surface area contributed by atoms with E-state index in [1.54, 1.807) is 12.1 Å². The van der Waals surface area contributed by atoms with Gasteiger partial charge in [0.25, 0.3) is 0 Å². The highest BCUT2D eigenvalue weighted by atomic mass is 79.9. The van der Waals surface area contributed by atoms with Crippen LogP contribution in [-0.4, -0.2) is 13.1 Å². The van der Waals surface area contributed by atoms with Gasteiger partial charge in [-0.05, 0) is 48.9 Å². The topological polar surface area (TPSA) is 12.0 Å². The van der Waals surface area contributed by atoms with E-state index < -0.39 is 0 Å². The molecule has 0 radical (unpaired) electrons. The van der Waals surface area contributed by atoms with Crippen LogP contribution < -0.4 is 5.32 Å². The van der Waals surface area contributed by atoms with Crippen molar-refractivity contribution in [2.75, 3.05) is 13.1 Å². The van der Waals surface area contributed by atoms with Crippen LogP contribution in [0.3, 0.4) is 0 Å². The van der Waals surface area contributed by atoms with E-state index in [1.807, 2.05) is 6.07 Å². The smallest absolute Gasteiger partial charge is 0.124 e. The number of hydrogen-bond acceptors (Lipinski definition) is 1. The molecule has 1 fully saturated rings. The summed E-state index contributed by atoms with van der Waals surface area (Å²) < 4.78 is 14.0. The molecular formula is C15H21BrFN. The summed E-state index contributed by atoms with van der Waals surface area (Å²) >= 11 is 3.49. The SMILES string of the molecule is CCNCC1(Cc2ccc(F)cc2Br)CCCC1. The molecule has 1 saturated carbocycles. The second-order valence-electron chi connectivity index (χ2n) is 5.40. The second-order valence-corrected chi connectivity index (χ2v) is 6.25. The van der Waals surface area contributed by atoms with Crippen LogP contribution in [0, 0.1) is 11.2 Å². The first-order chi connectivity index (χ1) is 8.65. The Balaban J connectivity index is 2.13. The van der Waals surface area contributed by atoms with Crippen LogP contribution in [0.2, 0.25) is 0 Å². The highest BCUT2D eigenvalue weighted by molar-refractivity contribution is 9.10. The summed E-state index contributed by atoms with van der Waals surface area (Å²) in [6, 6.07) is 5.06. The van der Waals surface area contributed by atoms with Gasteiger partial charge in [0.05, 0.1) is 0 Å². The lowest BCUT2D eigenvalue weighted by atomic mass is 9.80. The minimum Gasteiger partial charge on any atom is -0.316 e. The third kappa shape index (κ3) is 3.33. The summed E-state index contributed by atoms with van der Waals surface area (Å²) in [6.45, 7) is 4.25. The number of nitrogens with one attached hydrogen (secondary N) is 1. The molecule has 0 aliphatic heterocycles. The van der Waals surface area contributed by atoms with Crippen molar-refractivity contribution in [2.24, 2.45) is 5.41 Å². The fraction of sp³-hybridized carbons (Fsp3) is 0.600. The standard InChI is InChI=1S/C15H21BrFN/c1-2-18-11-15(7-3-4-8-15)10-12-5-6-13(17)9-14(12)16/h5-6,9,18H,2-4,7-8,10-11H2,1H3. The lowest BCUT2D eigenvalue weighted by Gasteiger charge is -2.30. The minimum absolute atomic E-state index is 0.169. The van der Waals surface area contributed by atoms with E-state index in [2.05, 4.69) is 28.2 Å². The summed E-state index contributed by atoms with van der Waals surface area (Å²) in [5, 5.41) is 3.49. The average molecular weight is 314 g/mol. The third-order valence-electron chi connectivity index (χ3n) is 3.99. The van der Waals surface area contributed by atoms with E-state index in [0.717, 1.165) is 24.0 Å². The fourth-order valence-corrected chi connectivity index (χ4v) is 3.49. The zero-order valence-corrected chi connectivity index (χ0v) is 12.5. The molecule has 0 saturated heterocycles. The van der Waals surface area contributed by atoms with Crippen LogP contribution >= 0.6 is 15.9 Å². The van der Waals surface area contributed by atoms with Crippen molar-refractivity contribution in [2.45, 2.75) is 39.0 Å². The highest BCUT2D eigenvalue weighted by Gasteiger charge is 2.33. The van der Waals surface area contributed by atoms with E-state index in [0.29, 0.717) is 5.41 Å². The Morgan fingerprint density at radius 2 is 2.06 bits per heavy atom. The molecule has 0 unspecified atom stereocenters. The second kappa shape index (κ2) is 6.16. The van der Waals surface area contributed by atoms with Crippen LogP contribution in [0.15, 0.2) is 22.7 Å². The normalized spacial score (nSPS) is 18.2. The monoisotopic (exact) mass is 313 g/mol. The van der Waals surface area contributed by atoms with Gasteiger partial charge < -0.3 is 5.32 Å². The van der Waals surface area contributed by atoms with Crippen molar-refractivity contribution in [3.63, 3.8) is 0 Å². The molecule has 1 aromatic rings. The number of benzene rings is 1. The number of rotatable bonds is 5. The molecule has 1 aliphatic rings. The molecule has 0 amide bonds. The molecule has 1 aromatic carbocycles. The first-order valence-electron chi connectivity index (χ1n) is 6.80. The molecule has 3 heteroatoms. The number of hydrogen-bond donors (Lipinski definition) is 1. The molecule has 1 nitrogen and oxygen atoms in total. The Morgan fingerprint density at radius 3 is 2.67 bits per heavy atom. The molecule has 0 heterocycles. The van der Waals surface area contributed by atoms with Crippen LogP contribution in [-0.2, 0) is 6.42 Å². The van der Waals surface area contributed by atoms with Gasteiger partial charge in [0.2, 0.25) is 0 Å². The molecule has 0 atom stereocenters. The van der Waals surface area contributed by atoms with Crippen molar-refractivity contribution in [1.82, 2.24) is 5.32 Å². The summed E-state index contributed by atoms with van der Waals surface area (Å²) in [7, 11) is 0. The average Bonchev–Trinajstić information content (AvgIpc) is 2.80. The van der Waals surface area contributed by atoms with E-state index in [1.165, 1.54) is 31.2 Å². The molecule has 0 aromatic heterocycles. The third-order valence-corrected chi connectivity index (χ3v) is 4.73. The molecule has 1 N–H and O–H groups in total. The fourth-order valence-electron chi connectivity index (χ4n) is 3.00. The van der Waals surface area contributed by atoms with Crippen molar-refractivity contribution in [3.8, 4) is 0 Å². The Bertz CT molecular complexity index is 399. The van der Waals surface area contributed by atoms with Crippen LogP contribution in [0.4, 0.5) is 4.39 Å². The summed E-state index contributed by atoms with van der Waals surface area (Å²) in [4.78, 5) is 0. The first kappa shape index (κ1) is 14.0. The zero-order valence-electron chi connectivity index (χ0n) is 10.9. The van der Waals surface area contributed by atoms with Gasteiger partial charge in [0.1, 0.15) is 5.82 Å². The van der Waals surface area contributed by atoms with E-state index >= 15 is 0 Å². The maximum atomic E-state index is 13.1. The predicted molar refractivity (Wildman–Crippen MR) is 77.2 cm³/mol. The summed E-state index contributed by atoms with van der Waals surface area (Å²) in [6.07, 6.45) is 6.25. The number of halogens is 2. The maximum Gasteiger partial charge on any atom is 0.124 e. The Labute approximate surface area is 117 Å². The van der Waals surface area contributed by atoms with Crippen LogP contribution in [0.5, 0.6) is 0 Å². The Kier molecular flexibility index (Phi) is 4.79. The van der Waals surface area contributed by atoms with E-state index in [9.17, 15) is 4.39 Å². The van der Waals surface area contributed by atoms with E-state index in [4.69, 9.17) is 0 Å². The summed E-state index contributed by atoms with van der Waals surface area (Å²) in [5.41, 5.74) is 1.60. The van der Waals surface area contributed by atoms with Crippen molar-refractivity contribution in [3.05, 3.63) is 34.1 Å². The van der Waals surface area contributed by atoms with Crippen molar-refractivity contribution < 1.29 is 4.39 Å². The molecule has 0 bridgehead atoms. The van der Waals surface area contributed by atoms with Crippen LogP contribution in [0.1, 0.15) is 38.2 Å². The minimum atomic E-state index is -0.169. The lowest BCUT2D eigenvalue weighted by Crippen LogP contribution is -2.34. The van der Waals surface area contributed by atoms with Gasteiger partial charge in [-0.1, -0.05) is 41.8 Å². The predicted octanol–water partition coefficient (Wildman–Crippen LogP) is 4.30. The zero-order chi connectivity index (χ0) is 13.0. The molecule has 1 aliphatic carbocycles. The molecule has 0 spiro atoms. The molecule has 2 rings (SSSR count). The van der Waals surface area contributed by atoms with Crippen LogP contribution in [0.25, 0.3) is 0 Å². The maximum absolute atomic E-state index is 13.1. The van der Waals surface area contributed by atoms with Gasteiger partial charge in [-0.3, -0.25) is 0 Å². The highest BCUT2D eigenvalue weighted by Crippen LogP contribution is 2.41. The van der Waals surface area contributed by atoms with E-state index in [-0.39, 0.29) is 5.82 Å². The van der Waals surface area contributed by atoms with Gasteiger partial charge in [-0.2, -0.15) is 0 Å². The quantitative estimate of drug-likeness (QED) is 0.854. The van der Waals surface area contributed by atoms with Gasteiger partial charge in [0, 0.05) is 11.0 Å². The molecular weight excluding hydrogens is 293 g/mol. The lowest BCUT2D eigenvalue weighted by molar-refractivity contribution is 0.279. The Hall–Kier alpha value is -0.410. The Morgan fingerprint density at radius 1 is 1.33 bits per heavy atom. The first-order valence-corrected chi connectivity index (χ1v) is 7.59. The van der Waals surface area contributed by atoms with Gasteiger partial charge >= 0.3 is 0 Å². The van der Waals surface area contributed by atoms with Gasteiger partial charge in [-0.15, -0.1) is 0 Å². The summed E-state index contributed by atoms with van der Waals surface area (Å²) in [5.74, 6) is -0.169. The molecule has 18 heavy (non-hydrogen) atoms. The van der Waals surface area contributed by atoms with Crippen molar-refractivity contribution in [1.29, 1.82) is 0 Å². The van der Waals surface area contributed by atoms with Crippen molar-refractivity contribution >= 4 is 15.9 Å². The van der Waals surface area contributed by atoms with Gasteiger partial charge in [0.15, 0.2) is 0 Å².